The summed E-state index contributed by atoms with van der Waals surface area (Å²) >= 11 is 0. The predicted octanol–water partition coefficient (Wildman–Crippen LogP) is 2.46. The fraction of sp³-hybridized carbons (Fsp3) is 0.750. The van der Waals surface area contributed by atoms with Gasteiger partial charge in [0.25, 0.3) is 0 Å². The highest BCUT2D eigenvalue weighted by molar-refractivity contribution is 5.30. The van der Waals surface area contributed by atoms with E-state index in [4.69, 9.17) is 0 Å². The van der Waals surface area contributed by atoms with E-state index in [9.17, 15) is 0 Å². The number of nitrogens with zero attached hydrogens (tertiary/aromatic N) is 4. The summed E-state index contributed by atoms with van der Waals surface area (Å²) in [6.45, 7) is 16.1. The molecule has 5 nitrogen and oxygen atoms in total. The Hall–Kier alpha value is -1.20. The molecule has 0 atom stereocenters. The molecule has 0 saturated heterocycles. The quantitative estimate of drug-likeness (QED) is 0.679. The van der Waals surface area contributed by atoms with Crippen LogP contribution in [0.5, 0.6) is 0 Å². The minimum Gasteiger partial charge on any atom is -0.369 e. The van der Waals surface area contributed by atoms with Gasteiger partial charge in [-0.2, -0.15) is 0 Å². The molecule has 1 heterocycles. The number of aromatic nitrogens is 2. The second-order valence-corrected chi connectivity index (χ2v) is 5.17. The Morgan fingerprint density at radius 3 is 2.10 bits per heavy atom. The van der Waals surface area contributed by atoms with Gasteiger partial charge in [-0.15, -0.1) is 0 Å². The Labute approximate surface area is 129 Å². The Bertz CT molecular complexity index is 361. The highest BCUT2D eigenvalue weighted by atomic mass is 15.1. The van der Waals surface area contributed by atoms with Crippen molar-refractivity contribution in [2.45, 2.75) is 40.7 Å². The first-order valence-corrected chi connectivity index (χ1v) is 8.22. The van der Waals surface area contributed by atoms with Crippen molar-refractivity contribution in [3.63, 3.8) is 0 Å². The van der Waals surface area contributed by atoms with Crippen LogP contribution in [0, 0.1) is 0 Å². The number of anilines is 1. The van der Waals surface area contributed by atoms with Crippen LogP contribution in [0.15, 0.2) is 12.4 Å². The van der Waals surface area contributed by atoms with Crippen LogP contribution in [0.2, 0.25) is 0 Å². The molecule has 0 bridgehead atoms. The fourth-order valence-corrected chi connectivity index (χ4v) is 2.34. The number of hydrogen-bond donors (Lipinski definition) is 1. The molecule has 0 aliphatic rings. The molecule has 0 unspecified atom stereocenters. The molecule has 21 heavy (non-hydrogen) atoms. The van der Waals surface area contributed by atoms with Gasteiger partial charge in [-0.25, -0.2) is 4.98 Å². The maximum Gasteiger partial charge on any atom is 0.144 e. The monoisotopic (exact) mass is 293 g/mol. The molecule has 0 spiro atoms. The summed E-state index contributed by atoms with van der Waals surface area (Å²) in [5.74, 6) is 0.853. The minimum atomic E-state index is 0.853. The van der Waals surface area contributed by atoms with Gasteiger partial charge in [0.05, 0.1) is 18.1 Å². The van der Waals surface area contributed by atoms with Gasteiger partial charge in [0.1, 0.15) is 5.82 Å². The standard InChI is InChI=1S/C16H31N5/c1-5-17-16-13-18-15(12-19-16)14-21(8-4)11-9-10-20(6-2)7-3/h12-13H,5-11,14H2,1-4H3,(H,17,19). The predicted molar refractivity (Wildman–Crippen MR) is 89.6 cm³/mol. The Balaban J connectivity index is 2.38. The first kappa shape index (κ1) is 17.9. The maximum atomic E-state index is 4.48. The van der Waals surface area contributed by atoms with Crippen LogP contribution in [0.25, 0.3) is 0 Å². The van der Waals surface area contributed by atoms with Crippen LogP contribution in [0.3, 0.4) is 0 Å². The van der Waals surface area contributed by atoms with Gasteiger partial charge in [0.2, 0.25) is 0 Å². The molecule has 0 saturated carbocycles. The number of nitrogens with one attached hydrogen (secondary N) is 1. The largest absolute Gasteiger partial charge is 0.369 e. The average Bonchev–Trinajstić information content (AvgIpc) is 2.52. The van der Waals surface area contributed by atoms with Gasteiger partial charge >= 0.3 is 0 Å². The van der Waals surface area contributed by atoms with Gasteiger partial charge in [-0.05, 0) is 46.1 Å². The Morgan fingerprint density at radius 1 is 0.905 bits per heavy atom. The molecule has 120 valence electrons. The van der Waals surface area contributed by atoms with E-state index in [2.05, 4.69) is 52.8 Å². The Morgan fingerprint density at radius 2 is 1.57 bits per heavy atom. The van der Waals surface area contributed by atoms with E-state index in [1.165, 1.54) is 13.0 Å². The molecule has 1 rings (SSSR count). The summed E-state index contributed by atoms with van der Waals surface area (Å²) in [6.07, 6.45) is 4.91. The summed E-state index contributed by atoms with van der Waals surface area (Å²) in [5, 5.41) is 3.17. The molecule has 0 fully saturated rings. The molecule has 0 aliphatic heterocycles. The SMILES string of the molecule is CCNc1cnc(CN(CC)CCCN(CC)CC)cn1. The second kappa shape index (κ2) is 10.5. The zero-order valence-electron chi connectivity index (χ0n) is 14.1. The molecular formula is C16H31N5. The maximum absolute atomic E-state index is 4.48. The molecule has 0 aromatic carbocycles. The van der Waals surface area contributed by atoms with Crippen molar-refractivity contribution in [1.29, 1.82) is 0 Å². The molecule has 0 aliphatic carbocycles. The summed E-state index contributed by atoms with van der Waals surface area (Å²) in [5.41, 5.74) is 1.04. The van der Waals surface area contributed by atoms with E-state index < -0.39 is 0 Å². The zero-order valence-corrected chi connectivity index (χ0v) is 14.1. The summed E-state index contributed by atoms with van der Waals surface area (Å²) in [4.78, 5) is 13.8. The molecule has 1 aromatic rings. The van der Waals surface area contributed by atoms with E-state index >= 15 is 0 Å². The van der Waals surface area contributed by atoms with Crippen LogP contribution < -0.4 is 5.32 Å². The van der Waals surface area contributed by atoms with Crippen LogP contribution in [-0.2, 0) is 6.54 Å². The first-order chi connectivity index (χ1) is 10.2. The number of rotatable bonds is 11. The molecular weight excluding hydrogens is 262 g/mol. The van der Waals surface area contributed by atoms with E-state index in [1.54, 1.807) is 0 Å². The highest BCUT2D eigenvalue weighted by Crippen LogP contribution is 2.05. The first-order valence-electron chi connectivity index (χ1n) is 8.22. The van der Waals surface area contributed by atoms with Gasteiger partial charge in [0.15, 0.2) is 0 Å². The third-order valence-electron chi connectivity index (χ3n) is 3.74. The highest BCUT2D eigenvalue weighted by Gasteiger charge is 2.06. The van der Waals surface area contributed by atoms with Crippen molar-refractivity contribution in [1.82, 2.24) is 19.8 Å². The van der Waals surface area contributed by atoms with E-state index in [-0.39, 0.29) is 0 Å². The lowest BCUT2D eigenvalue weighted by molar-refractivity contribution is 0.236. The van der Waals surface area contributed by atoms with Gasteiger partial charge in [-0.1, -0.05) is 20.8 Å². The Kier molecular flexibility index (Phi) is 8.94. The average molecular weight is 293 g/mol. The van der Waals surface area contributed by atoms with E-state index in [0.717, 1.165) is 50.8 Å². The molecule has 0 radical (unpaired) electrons. The fourth-order valence-electron chi connectivity index (χ4n) is 2.34. The summed E-state index contributed by atoms with van der Waals surface area (Å²) in [7, 11) is 0. The van der Waals surface area contributed by atoms with Crippen molar-refractivity contribution < 1.29 is 0 Å². The van der Waals surface area contributed by atoms with E-state index in [1.807, 2.05) is 12.4 Å². The van der Waals surface area contributed by atoms with Crippen LogP contribution in [0.4, 0.5) is 5.82 Å². The second-order valence-electron chi connectivity index (χ2n) is 5.17. The molecule has 1 aromatic heterocycles. The van der Waals surface area contributed by atoms with Crippen molar-refractivity contribution in [2.75, 3.05) is 44.6 Å². The van der Waals surface area contributed by atoms with Gasteiger partial charge in [0, 0.05) is 13.1 Å². The molecule has 1 N–H and O–H groups in total. The molecule has 0 amide bonds. The van der Waals surface area contributed by atoms with E-state index in [0.29, 0.717) is 0 Å². The van der Waals surface area contributed by atoms with Crippen LogP contribution in [-0.4, -0.2) is 59.0 Å². The van der Waals surface area contributed by atoms with Gasteiger partial charge in [-0.3, -0.25) is 9.88 Å². The topological polar surface area (TPSA) is 44.3 Å². The van der Waals surface area contributed by atoms with Crippen LogP contribution >= 0.6 is 0 Å². The summed E-state index contributed by atoms with van der Waals surface area (Å²) < 4.78 is 0. The lowest BCUT2D eigenvalue weighted by Crippen LogP contribution is -2.30. The smallest absolute Gasteiger partial charge is 0.144 e. The third-order valence-corrected chi connectivity index (χ3v) is 3.74. The normalized spacial score (nSPS) is 11.3. The zero-order chi connectivity index (χ0) is 15.5. The lowest BCUT2D eigenvalue weighted by Gasteiger charge is -2.23. The van der Waals surface area contributed by atoms with Crippen molar-refractivity contribution in [2.24, 2.45) is 0 Å². The van der Waals surface area contributed by atoms with Crippen LogP contribution in [0.1, 0.15) is 39.8 Å². The third kappa shape index (κ3) is 6.87. The van der Waals surface area contributed by atoms with Crippen molar-refractivity contribution in [3.05, 3.63) is 18.1 Å². The minimum absolute atomic E-state index is 0.853. The van der Waals surface area contributed by atoms with Crippen molar-refractivity contribution in [3.8, 4) is 0 Å². The summed E-state index contributed by atoms with van der Waals surface area (Å²) in [6, 6.07) is 0. The lowest BCUT2D eigenvalue weighted by atomic mass is 10.3. The van der Waals surface area contributed by atoms with Gasteiger partial charge < -0.3 is 10.2 Å². The van der Waals surface area contributed by atoms with Crippen molar-refractivity contribution >= 4 is 5.82 Å². The molecule has 5 heteroatoms. The number of hydrogen-bond acceptors (Lipinski definition) is 5.